The van der Waals surface area contributed by atoms with E-state index in [9.17, 15) is 4.79 Å². The molecule has 0 unspecified atom stereocenters. The number of benzene rings is 1. The van der Waals surface area contributed by atoms with Gasteiger partial charge in [-0.1, -0.05) is 18.2 Å². The van der Waals surface area contributed by atoms with Gasteiger partial charge in [0.1, 0.15) is 11.6 Å². The molecule has 0 atom stereocenters. The molecule has 0 fully saturated rings. The average molecular weight is 301 g/mol. The van der Waals surface area contributed by atoms with Crippen LogP contribution in [0.15, 0.2) is 61.1 Å². The summed E-state index contributed by atoms with van der Waals surface area (Å²) in [5.41, 5.74) is 1.52. The summed E-state index contributed by atoms with van der Waals surface area (Å²) in [7, 11) is 0. The van der Waals surface area contributed by atoms with E-state index in [4.69, 9.17) is 11.6 Å². The maximum absolute atomic E-state index is 11.6. The molecule has 106 valence electrons. The third-order valence-corrected chi connectivity index (χ3v) is 3.23. The van der Waals surface area contributed by atoms with Crippen LogP contribution in [0.25, 0.3) is 11.5 Å². The van der Waals surface area contributed by atoms with Gasteiger partial charge in [-0.05, 0) is 24.3 Å². The summed E-state index contributed by atoms with van der Waals surface area (Å²) in [4.78, 5) is 11.6. The maximum Gasteiger partial charge on any atom is 0.239 e. The van der Waals surface area contributed by atoms with Gasteiger partial charge >= 0.3 is 0 Å². The van der Waals surface area contributed by atoms with E-state index >= 15 is 0 Å². The van der Waals surface area contributed by atoms with E-state index in [0.717, 1.165) is 11.5 Å². The third kappa shape index (κ3) is 2.68. The molecular formula is C15H13ClN4O. The molecule has 0 saturated carbocycles. The van der Waals surface area contributed by atoms with Crippen LogP contribution in [0.2, 0.25) is 0 Å². The molecule has 21 heavy (non-hydrogen) atoms. The Hall–Kier alpha value is -2.53. The highest BCUT2D eigenvalue weighted by Crippen LogP contribution is 2.23. The van der Waals surface area contributed by atoms with Gasteiger partial charge in [-0.3, -0.25) is 4.79 Å². The maximum atomic E-state index is 11.6. The summed E-state index contributed by atoms with van der Waals surface area (Å²) in [5, 5.41) is 7.13. The lowest BCUT2D eigenvalue weighted by atomic mass is 10.3. The molecule has 3 rings (SSSR count). The zero-order valence-electron chi connectivity index (χ0n) is 11.1. The van der Waals surface area contributed by atoms with Crippen molar-refractivity contribution in [2.45, 2.75) is 0 Å². The van der Waals surface area contributed by atoms with Crippen LogP contribution in [0.3, 0.4) is 0 Å². The number of anilines is 1. The molecule has 1 amide bonds. The summed E-state index contributed by atoms with van der Waals surface area (Å²) in [5.74, 6) is 0.393. The summed E-state index contributed by atoms with van der Waals surface area (Å²) in [6, 6.07) is 13.5. The summed E-state index contributed by atoms with van der Waals surface area (Å²) in [6.07, 6.45) is 5.41. The number of alkyl halides is 1. The lowest BCUT2D eigenvalue weighted by Crippen LogP contribution is -2.14. The number of amides is 1. The first-order chi connectivity index (χ1) is 10.3. The Balaban J connectivity index is 2.11. The molecule has 0 bridgehead atoms. The number of nitrogens with one attached hydrogen (secondary N) is 1. The van der Waals surface area contributed by atoms with Crippen molar-refractivity contribution in [1.82, 2.24) is 14.3 Å². The Morgan fingerprint density at radius 1 is 1.14 bits per heavy atom. The highest BCUT2D eigenvalue weighted by molar-refractivity contribution is 6.29. The lowest BCUT2D eigenvalue weighted by Gasteiger charge is -2.11. The molecule has 0 aliphatic carbocycles. The van der Waals surface area contributed by atoms with Gasteiger partial charge in [-0.2, -0.15) is 5.10 Å². The summed E-state index contributed by atoms with van der Waals surface area (Å²) < 4.78 is 3.66. The van der Waals surface area contributed by atoms with Crippen molar-refractivity contribution in [3.63, 3.8) is 0 Å². The molecular weight excluding hydrogens is 288 g/mol. The van der Waals surface area contributed by atoms with Crippen molar-refractivity contribution in [3.05, 3.63) is 61.1 Å². The first-order valence-electron chi connectivity index (χ1n) is 6.42. The second-order valence-electron chi connectivity index (χ2n) is 4.40. The zero-order chi connectivity index (χ0) is 14.7. The third-order valence-electron chi connectivity index (χ3n) is 2.99. The average Bonchev–Trinajstić information content (AvgIpc) is 3.17. The van der Waals surface area contributed by atoms with Gasteiger partial charge < -0.3 is 9.88 Å². The van der Waals surface area contributed by atoms with Crippen LogP contribution in [0.4, 0.5) is 5.69 Å². The second kappa shape index (κ2) is 5.85. The van der Waals surface area contributed by atoms with Gasteiger partial charge in [0.25, 0.3) is 0 Å². The Morgan fingerprint density at radius 3 is 2.52 bits per heavy atom. The number of hydrogen-bond acceptors (Lipinski definition) is 2. The van der Waals surface area contributed by atoms with Gasteiger partial charge in [-0.25, -0.2) is 4.68 Å². The van der Waals surface area contributed by atoms with E-state index in [0.29, 0.717) is 5.69 Å². The second-order valence-corrected chi connectivity index (χ2v) is 4.67. The van der Waals surface area contributed by atoms with Crippen LogP contribution in [0, 0.1) is 0 Å². The number of carbonyl (C=O) groups excluding carboxylic acids is 1. The number of rotatable bonds is 4. The smallest absolute Gasteiger partial charge is 0.239 e. The van der Waals surface area contributed by atoms with Crippen LogP contribution in [0.5, 0.6) is 0 Å². The Labute approximate surface area is 126 Å². The van der Waals surface area contributed by atoms with Crippen molar-refractivity contribution >= 4 is 23.2 Å². The van der Waals surface area contributed by atoms with E-state index < -0.39 is 0 Å². The summed E-state index contributed by atoms with van der Waals surface area (Å²) >= 11 is 5.56. The summed E-state index contributed by atoms with van der Waals surface area (Å²) in [6.45, 7) is 0. The van der Waals surface area contributed by atoms with Gasteiger partial charge in [0, 0.05) is 12.4 Å². The largest absolute Gasteiger partial charge is 0.321 e. The molecule has 0 radical (unpaired) electrons. The molecule has 3 aromatic rings. The Morgan fingerprint density at radius 2 is 1.86 bits per heavy atom. The first-order valence-corrected chi connectivity index (χ1v) is 6.95. The number of hydrogen-bond donors (Lipinski definition) is 1. The van der Waals surface area contributed by atoms with Crippen molar-refractivity contribution in [2.24, 2.45) is 0 Å². The highest BCUT2D eigenvalue weighted by Gasteiger charge is 2.15. The van der Waals surface area contributed by atoms with Crippen LogP contribution >= 0.6 is 11.6 Å². The van der Waals surface area contributed by atoms with E-state index in [2.05, 4.69) is 10.4 Å². The Bertz CT molecular complexity index is 734. The van der Waals surface area contributed by atoms with Crippen molar-refractivity contribution in [3.8, 4) is 11.5 Å². The van der Waals surface area contributed by atoms with Gasteiger partial charge in [0.05, 0.1) is 11.9 Å². The van der Waals surface area contributed by atoms with E-state index in [1.165, 1.54) is 0 Å². The quantitative estimate of drug-likeness (QED) is 0.753. The molecule has 1 aromatic carbocycles. The predicted molar refractivity (Wildman–Crippen MR) is 82.2 cm³/mol. The molecule has 2 heterocycles. The molecule has 0 spiro atoms. The molecule has 5 nitrogen and oxygen atoms in total. The predicted octanol–water partition coefficient (Wildman–Crippen LogP) is 2.84. The number of para-hydroxylation sites is 1. The molecule has 0 saturated heterocycles. The van der Waals surface area contributed by atoms with Gasteiger partial charge in [-0.15, -0.1) is 11.6 Å². The van der Waals surface area contributed by atoms with Crippen LogP contribution in [-0.2, 0) is 4.79 Å². The van der Waals surface area contributed by atoms with Crippen LogP contribution < -0.4 is 5.32 Å². The van der Waals surface area contributed by atoms with Crippen LogP contribution in [-0.4, -0.2) is 26.1 Å². The standard InChI is InChI=1S/C15H13ClN4O/c16-10-14(21)18-13-11-17-20(12-6-2-1-3-7-12)15(13)19-8-4-5-9-19/h1-9,11H,10H2,(H,18,21). The normalized spacial score (nSPS) is 10.5. The van der Waals surface area contributed by atoms with E-state index in [-0.39, 0.29) is 11.8 Å². The zero-order valence-corrected chi connectivity index (χ0v) is 11.9. The highest BCUT2D eigenvalue weighted by atomic mass is 35.5. The Kier molecular flexibility index (Phi) is 3.75. The van der Waals surface area contributed by atoms with Crippen molar-refractivity contribution in [2.75, 3.05) is 11.2 Å². The van der Waals surface area contributed by atoms with Gasteiger partial charge in [0.2, 0.25) is 5.91 Å². The monoisotopic (exact) mass is 300 g/mol. The number of carbonyl (C=O) groups is 1. The topological polar surface area (TPSA) is 51.9 Å². The fraction of sp³-hybridized carbons (Fsp3) is 0.0667. The molecule has 1 N–H and O–H groups in total. The SMILES string of the molecule is O=C(CCl)Nc1cnn(-c2ccccc2)c1-n1cccc1. The first kappa shape index (κ1) is 13.5. The number of aromatic nitrogens is 3. The van der Waals surface area contributed by atoms with E-state index in [1.54, 1.807) is 10.9 Å². The molecule has 0 aliphatic rings. The fourth-order valence-electron chi connectivity index (χ4n) is 2.10. The molecule has 6 heteroatoms. The minimum atomic E-state index is -0.266. The van der Waals surface area contributed by atoms with Crippen LogP contribution in [0.1, 0.15) is 0 Å². The fourth-order valence-corrected chi connectivity index (χ4v) is 2.16. The minimum Gasteiger partial charge on any atom is -0.321 e. The molecule has 0 aliphatic heterocycles. The van der Waals surface area contributed by atoms with E-state index in [1.807, 2.05) is 59.4 Å². The number of halogens is 1. The van der Waals surface area contributed by atoms with Crippen molar-refractivity contribution < 1.29 is 4.79 Å². The van der Waals surface area contributed by atoms with Gasteiger partial charge in [0.15, 0.2) is 5.82 Å². The van der Waals surface area contributed by atoms with Crippen molar-refractivity contribution in [1.29, 1.82) is 0 Å². The number of nitrogens with zero attached hydrogens (tertiary/aromatic N) is 3. The lowest BCUT2D eigenvalue weighted by molar-refractivity contribution is -0.113. The minimum absolute atomic E-state index is 0.0956. The molecule has 2 aromatic heterocycles.